The summed E-state index contributed by atoms with van der Waals surface area (Å²) in [5.41, 5.74) is 5.96. The van der Waals surface area contributed by atoms with Gasteiger partial charge in [0.25, 0.3) is 0 Å². The van der Waals surface area contributed by atoms with Crippen LogP contribution in [0.25, 0.3) is 20.8 Å². The molecule has 2 aliphatic heterocycles. The summed E-state index contributed by atoms with van der Waals surface area (Å²) in [5, 5.41) is 4.01. The average Bonchev–Trinajstić information content (AvgIpc) is 3.57. The van der Waals surface area contributed by atoms with Crippen LogP contribution in [0, 0.1) is 25.7 Å². The van der Waals surface area contributed by atoms with Crippen LogP contribution in [0.1, 0.15) is 30.4 Å². The molecule has 2 fully saturated rings. The first-order valence-electron chi connectivity index (χ1n) is 13.8. The van der Waals surface area contributed by atoms with Crippen molar-refractivity contribution < 1.29 is 14.4 Å². The number of amides is 3. The lowest BCUT2D eigenvalue weighted by Crippen LogP contribution is -2.44. The third-order valence-corrected chi connectivity index (χ3v) is 9.01. The number of rotatable bonds is 5. The maximum Gasteiger partial charge on any atom is 0.228 e. The molecule has 7 nitrogen and oxygen atoms in total. The van der Waals surface area contributed by atoms with Gasteiger partial charge in [0.1, 0.15) is 5.01 Å². The third kappa shape index (κ3) is 5.36. The highest BCUT2D eigenvalue weighted by atomic mass is 32.1. The lowest BCUT2D eigenvalue weighted by atomic mass is 9.94. The number of aromatic nitrogens is 1. The van der Waals surface area contributed by atoms with Gasteiger partial charge < -0.3 is 15.1 Å². The number of thiazole rings is 1. The summed E-state index contributed by atoms with van der Waals surface area (Å²) in [5.74, 6) is -0.498. The first-order valence-corrected chi connectivity index (χ1v) is 14.6. The molecule has 2 aliphatic rings. The average molecular weight is 553 g/mol. The molecule has 1 N–H and O–H groups in total. The molecule has 8 heteroatoms. The predicted molar refractivity (Wildman–Crippen MR) is 159 cm³/mol. The molecule has 1 aromatic heterocycles. The van der Waals surface area contributed by atoms with Gasteiger partial charge in [-0.25, -0.2) is 4.98 Å². The van der Waals surface area contributed by atoms with Crippen LogP contribution in [0.3, 0.4) is 0 Å². The largest absolute Gasteiger partial charge is 0.342 e. The van der Waals surface area contributed by atoms with Crippen molar-refractivity contribution in [3.8, 4) is 10.6 Å². The summed E-state index contributed by atoms with van der Waals surface area (Å²) in [6, 6.07) is 21.9. The van der Waals surface area contributed by atoms with Crippen molar-refractivity contribution in [3.63, 3.8) is 0 Å². The normalized spacial score (nSPS) is 17.9. The van der Waals surface area contributed by atoms with Gasteiger partial charge in [-0.3, -0.25) is 14.4 Å². The molecule has 0 aliphatic carbocycles. The summed E-state index contributed by atoms with van der Waals surface area (Å²) in [6.07, 6.45) is 1.46. The van der Waals surface area contributed by atoms with E-state index in [1.165, 1.54) is 10.3 Å². The number of anilines is 2. The second-order valence-electron chi connectivity index (χ2n) is 10.9. The molecule has 3 aromatic carbocycles. The molecule has 6 rings (SSSR count). The van der Waals surface area contributed by atoms with E-state index in [-0.39, 0.29) is 36.0 Å². The predicted octanol–water partition coefficient (Wildman–Crippen LogP) is 5.81. The molecular weight excluding hydrogens is 520 g/mol. The van der Waals surface area contributed by atoms with E-state index in [0.29, 0.717) is 32.5 Å². The van der Waals surface area contributed by atoms with Crippen LogP contribution < -0.4 is 10.2 Å². The van der Waals surface area contributed by atoms with Crippen LogP contribution in [0.2, 0.25) is 0 Å². The number of nitrogens with one attached hydrogen (secondary N) is 1. The van der Waals surface area contributed by atoms with Crippen molar-refractivity contribution in [1.82, 2.24) is 9.88 Å². The standard InChI is InChI=1S/C32H32N4O3S/c1-20-3-10-26(11-4-20)36-19-24(18-29(36)37)32(39)35-15-13-22(14-16-35)30(38)33-25-8-6-23(7-9-25)31-34-27-12-5-21(2)17-28(27)40-31/h3-12,17,22,24H,13-16,18-19H2,1-2H3,(H,33,38)/t24-/m1/s1. The molecule has 0 spiro atoms. The molecule has 3 amide bonds. The highest BCUT2D eigenvalue weighted by Crippen LogP contribution is 2.32. The minimum absolute atomic E-state index is 0.0132. The van der Waals surface area contributed by atoms with Crippen molar-refractivity contribution in [2.45, 2.75) is 33.1 Å². The van der Waals surface area contributed by atoms with Crippen molar-refractivity contribution in [3.05, 3.63) is 77.9 Å². The Morgan fingerprint density at radius 1 is 0.900 bits per heavy atom. The van der Waals surface area contributed by atoms with E-state index in [4.69, 9.17) is 4.98 Å². The van der Waals surface area contributed by atoms with Crippen molar-refractivity contribution in [2.24, 2.45) is 11.8 Å². The lowest BCUT2D eigenvalue weighted by Gasteiger charge is -2.33. The van der Waals surface area contributed by atoms with Crippen molar-refractivity contribution in [2.75, 3.05) is 29.9 Å². The molecule has 4 aromatic rings. The number of fused-ring (bicyclic) bond motifs is 1. The molecule has 0 bridgehead atoms. The number of benzene rings is 3. The number of carbonyl (C=O) groups excluding carboxylic acids is 3. The maximum absolute atomic E-state index is 13.2. The summed E-state index contributed by atoms with van der Waals surface area (Å²) in [7, 11) is 0. The fourth-order valence-corrected chi connectivity index (χ4v) is 6.63. The maximum atomic E-state index is 13.2. The van der Waals surface area contributed by atoms with Gasteiger partial charge in [0.05, 0.1) is 16.1 Å². The van der Waals surface area contributed by atoms with Crippen LogP contribution in [0.5, 0.6) is 0 Å². The van der Waals surface area contributed by atoms with Crippen LogP contribution in [-0.2, 0) is 14.4 Å². The molecule has 204 valence electrons. The van der Waals surface area contributed by atoms with Crippen LogP contribution >= 0.6 is 11.3 Å². The number of hydrogen-bond donors (Lipinski definition) is 1. The molecule has 2 saturated heterocycles. The number of nitrogens with zero attached hydrogens (tertiary/aromatic N) is 3. The zero-order chi connectivity index (χ0) is 27.8. The van der Waals surface area contributed by atoms with E-state index < -0.39 is 0 Å². The van der Waals surface area contributed by atoms with E-state index in [0.717, 1.165) is 33.0 Å². The van der Waals surface area contributed by atoms with E-state index in [2.05, 4.69) is 24.4 Å². The number of likely N-dealkylation sites (tertiary alicyclic amines) is 1. The quantitative estimate of drug-likeness (QED) is 0.339. The van der Waals surface area contributed by atoms with Gasteiger partial charge >= 0.3 is 0 Å². The zero-order valence-electron chi connectivity index (χ0n) is 22.7. The first-order chi connectivity index (χ1) is 19.3. The van der Waals surface area contributed by atoms with E-state index in [9.17, 15) is 14.4 Å². The van der Waals surface area contributed by atoms with Gasteiger partial charge in [0, 0.05) is 48.9 Å². The number of piperidine rings is 1. The van der Waals surface area contributed by atoms with Gasteiger partial charge in [-0.15, -0.1) is 11.3 Å². The van der Waals surface area contributed by atoms with Crippen LogP contribution in [-0.4, -0.2) is 47.2 Å². The second kappa shape index (κ2) is 10.8. The van der Waals surface area contributed by atoms with E-state index >= 15 is 0 Å². The summed E-state index contributed by atoms with van der Waals surface area (Å²) >= 11 is 1.67. The Kier molecular flexibility index (Phi) is 7.11. The Hall–Kier alpha value is -4.04. The van der Waals surface area contributed by atoms with Crippen molar-refractivity contribution >= 4 is 50.6 Å². The number of carbonyl (C=O) groups is 3. The Bertz CT molecular complexity index is 1570. The monoisotopic (exact) mass is 552 g/mol. The molecule has 3 heterocycles. The zero-order valence-corrected chi connectivity index (χ0v) is 23.5. The topological polar surface area (TPSA) is 82.6 Å². The minimum atomic E-state index is -0.336. The van der Waals surface area contributed by atoms with E-state index in [1.54, 1.807) is 16.2 Å². The molecule has 0 radical (unpaired) electrons. The summed E-state index contributed by atoms with van der Waals surface area (Å²) in [6.45, 7) is 5.56. The van der Waals surface area contributed by atoms with Gasteiger partial charge in [0.15, 0.2) is 0 Å². The van der Waals surface area contributed by atoms with E-state index in [1.807, 2.05) is 66.4 Å². The number of hydrogen-bond acceptors (Lipinski definition) is 5. The minimum Gasteiger partial charge on any atom is -0.342 e. The molecule has 0 saturated carbocycles. The van der Waals surface area contributed by atoms with Gasteiger partial charge in [-0.05, 0) is 80.8 Å². The summed E-state index contributed by atoms with van der Waals surface area (Å²) < 4.78 is 1.17. The Balaban J connectivity index is 1.01. The fourth-order valence-electron chi connectivity index (χ4n) is 5.56. The highest BCUT2D eigenvalue weighted by molar-refractivity contribution is 7.21. The molecule has 1 atom stereocenters. The van der Waals surface area contributed by atoms with Crippen molar-refractivity contribution in [1.29, 1.82) is 0 Å². The smallest absolute Gasteiger partial charge is 0.228 e. The fraction of sp³-hybridized carbons (Fsp3) is 0.312. The number of aryl methyl sites for hydroxylation is 2. The van der Waals surface area contributed by atoms with Gasteiger partial charge in [-0.1, -0.05) is 23.8 Å². The van der Waals surface area contributed by atoms with Gasteiger partial charge in [0.2, 0.25) is 17.7 Å². The molecular formula is C32H32N4O3S. The third-order valence-electron chi connectivity index (χ3n) is 7.94. The second-order valence-corrected chi connectivity index (χ2v) is 11.9. The first kappa shape index (κ1) is 26.2. The molecule has 0 unspecified atom stereocenters. The van der Waals surface area contributed by atoms with Crippen LogP contribution in [0.4, 0.5) is 11.4 Å². The summed E-state index contributed by atoms with van der Waals surface area (Å²) in [4.78, 5) is 47.1. The Morgan fingerprint density at radius 3 is 2.33 bits per heavy atom. The van der Waals surface area contributed by atoms with Gasteiger partial charge in [-0.2, -0.15) is 0 Å². The highest BCUT2D eigenvalue weighted by Gasteiger charge is 2.38. The Morgan fingerprint density at radius 2 is 1.60 bits per heavy atom. The lowest BCUT2D eigenvalue weighted by molar-refractivity contribution is -0.138. The van der Waals surface area contributed by atoms with Crippen LogP contribution in [0.15, 0.2) is 66.7 Å². The Labute approximate surface area is 237 Å². The molecule has 40 heavy (non-hydrogen) atoms. The SMILES string of the molecule is Cc1ccc(N2C[C@H](C(=O)N3CCC(C(=O)Nc4ccc(-c5nc6ccc(C)cc6s5)cc4)CC3)CC2=O)cc1.